The highest BCUT2D eigenvalue weighted by Gasteiger charge is 2.16. The Bertz CT molecular complexity index is 2010. The summed E-state index contributed by atoms with van der Waals surface area (Å²) in [6.45, 7) is 4.26. The number of benzene rings is 6. The SMILES string of the molecule is Cc1ccc2cc3c(ccc4cc(-c5cc6ccc7cc8cc(C)ccc8cc7c6o5)oc43)cc2c1. The summed E-state index contributed by atoms with van der Waals surface area (Å²) in [5, 5.41) is 11.7. The molecule has 0 bridgehead atoms. The Labute approximate surface area is 207 Å². The molecule has 2 aromatic heterocycles. The summed E-state index contributed by atoms with van der Waals surface area (Å²) < 4.78 is 12.9. The zero-order valence-corrected chi connectivity index (χ0v) is 20.1. The first-order valence-electron chi connectivity index (χ1n) is 12.3. The molecule has 0 unspecified atom stereocenters. The molecule has 0 saturated heterocycles. The van der Waals surface area contributed by atoms with E-state index in [-0.39, 0.29) is 0 Å². The highest BCUT2D eigenvalue weighted by Crippen LogP contribution is 2.39. The standard InChI is InChI=1S/C34H22O2/c1-19-3-5-21-15-29-23(13-27(21)11-19)7-9-25-17-31(35-33(25)29)32-18-26-10-8-24-14-28-12-20(2)4-6-22(28)16-30(24)34(26)36-32/h3-18H,1-2H3. The molecular weight excluding hydrogens is 440 g/mol. The van der Waals surface area contributed by atoms with Crippen LogP contribution in [0.5, 0.6) is 0 Å². The van der Waals surface area contributed by atoms with Crippen molar-refractivity contribution in [2.75, 3.05) is 0 Å². The molecule has 170 valence electrons. The van der Waals surface area contributed by atoms with Gasteiger partial charge in [-0.1, -0.05) is 71.8 Å². The number of furan rings is 2. The van der Waals surface area contributed by atoms with Crippen molar-refractivity contribution in [3.05, 3.63) is 108 Å². The van der Waals surface area contributed by atoms with Crippen LogP contribution in [0.15, 0.2) is 106 Å². The Kier molecular flexibility index (Phi) is 3.83. The van der Waals surface area contributed by atoms with Crippen LogP contribution in [0.4, 0.5) is 0 Å². The van der Waals surface area contributed by atoms with Crippen molar-refractivity contribution in [2.24, 2.45) is 0 Å². The molecule has 2 heterocycles. The molecule has 8 rings (SSSR count). The highest BCUT2D eigenvalue weighted by atomic mass is 16.4. The van der Waals surface area contributed by atoms with Gasteiger partial charge >= 0.3 is 0 Å². The predicted molar refractivity (Wildman–Crippen MR) is 151 cm³/mol. The van der Waals surface area contributed by atoms with Gasteiger partial charge in [0.2, 0.25) is 0 Å². The molecule has 0 aliphatic rings. The molecule has 0 aliphatic heterocycles. The number of hydrogen-bond acceptors (Lipinski definition) is 2. The van der Waals surface area contributed by atoms with Gasteiger partial charge < -0.3 is 8.83 Å². The highest BCUT2D eigenvalue weighted by molar-refractivity contribution is 6.12. The Morgan fingerprint density at radius 1 is 0.361 bits per heavy atom. The second-order valence-electron chi connectivity index (χ2n) is 10.0. The Morgan fingerprint density at radius 3 is 1.25 bits per heavy atom. The van der Waals surface area contributed by atoms with Gasteiger partial charge in [-0.05, 0) is 82.6 Å². The van der Waals surface area contributed by atoms with Gasteiger partial charge in [-0.3, -0.25) is 0 Å². The third-order valence-electron chi connectivity index (χ3n) is 7.47. The van der Waals surface area contributed by atoms with Crippen LogP contribution >= 0.6 is 0 Å². The topological polar surface area (TPSA) is 26.3 Å². The second-order valence-corrected chi connectivity index (χ2v) is 10.0. The maximum atomic E-state index is 6.47. The molecule has 0 aliphatic carbocycles. The van der Waals surface area contributed by atoms with Crippen molar-refractivity contribution in [2.45, 2.75) is 13.8 Å². The van der Waals surface area contributed by atoms with E-state index in [0.29, 0.717) is 0 Å². The van der Waals surface area contributed by atoms with Crippen molar-refractivity contribution in [3.63, 3.8) is 0 Å². The van der Waals surface area contributed by atoms with E-state index in [2.05, 4.69) is 111 Å². The number of aryl methyl sites for hydroxylation is 2. The average molecular weight is 463 g/mol. The Hall–Kier alpha value is -4.56. The van der Waals surface area contributed by atoms with Crippen LogP contribution in [-0.2, 0) is 0 Å². The van der Waals surface area contributed by atoms with E-state index in [4.69, 9.17) is 8.83 Å². The fourth-order valence-electron chi connectivity index (χ4n) is 5.62. The largest absolute Gasteiger partial charge is 0.452 e. The summed E-state index contributed by atoms with van der Waals surface area (Å²) in [4.78, 5) is 0. The number of fused-ring (bicyclic) bond motifs is 8. The van der Waals surface area contributed by atoms with E-state index in [9.17, 15) is 0 Å². The first-order chi connectivity index (χ1) is 17.6. The van der Waals surface area contributed by atoms with Crippen LogP contribution in [0.3, 0.4) is 0 Å². The van der Waals surface area contributed by atoms with Gasteiger partial charge in [0.1, 0.15) is 11.2 Å². The van der Waals surface area contributed by atoms with E-state index >= 15 is 0 Å². The third kappa shape index (κ3) is 2.85. The third-order valence-corrected chi connectivity index (χ3v) is 7.47. The lowest BCUT2D eigenvalue weighted by molar-refractivity contribution is 0.572. The van der Waals surface area contributed by atoms with E-state index in [1.807, 2.05) is 0 Å². The van der Waals surface area contributed by atoms with Crippen molar-refractivity contribution >= 4 is 65.0 Å². The second kappa shape index (κ2) is 6.99. The summed E-state index contributed by atoms with van der Waals surface area (Å²) in [7, 11) is 0. The van der Waals surface area contributed by atoms with Crippen LogP contribution in [0, 0.1) is 13.8 Å². The minimum atomic E-state index is 0.752. The minimum Gasteiger partial charge on any atom is -0.452 e. The molecule has 2 nitrogen and oxygen atoms in total. The van der Waals surface area contributed by atoms with Gasteiger partial charge in [0.25, 0.3) is 0 Å². The fourth-order valence-corrected chi connectivity index (χ4v) is 5.62. The average Bonchev–Trinajstić information content (AvgIpc) is 3.51. The number of rotatable bonds is 1. The smallest absolute Gasteiger partial charge is 0.170 e. The summed E-state index contributed by atoms with van der Waals surface area (Å²) in [5.74, 6) is 1.50. The Morgan fingerprint density at radius 2 is 0.778 bits per heavy atom. The molecule has 6 aromatic carbocycles. The lowest BCUT2D eigenvalue weighted by Gasteiger charge is -2.04. The van der Waals surface area contributed by atoms with Gasteiger partial charge in [0.15, 0.2) is 11.5 Å². The molecular formula is C34H22O2. The zero-order chi connectivity index (χ0) is 24.0. The minimum absolute atomic E-state index is 0.752. The fraction of sp³-hybridized carbons (Fsp3) is 0.0588. The molecule has 0 N–H and O–H groups in total. The predicted octanol–water partition coefficient (Wildman–Crippen LogP) is 10.1. The monoisotopic (exact) mass is 462 g/mol. The molecule has 0 spiro atoms. The Balaban J connectivity index is 1.33. The van der Waals surface area contributed by atoms with E-state index in [1.165, 1.54) is 43.4 Å². The maximum Gasteiger partial charge on any atom is 0.170 e. The van der Waals surface area contributed by atoms with Gasteiger partial charge in [0.05, 0.1) is 0 Å². The van der Waals surface area contributed by atoms with Crippen molar-refractivity contribution < 1.29 is 8.83 Å². The zero-order valence-electron chi connectivity index (χ0n) is 20.1. The van der Waals surface area contributed by atoms with Crippen LogP contribution in [0.2, 0.25) is 0 Å². The molecule has 8 aromatic rings. The summed E-state index contributed by atoms with van der Waals surface area (Å²) in [6, 6.07) is 34.9. The van der Waals surface area contributed by atoms with E-state index < -0.39 is 0 Å². The molecule has 0 fully saturated rings. The van der Waals surface area contributed by atoms with Crippen LogP contribution < -0.4 is 0 Å². The maximum absolute atomic E-state index is 6.47. The molecule has 2 heteroatoms. The summed E-state index contributed by atoms with van der Waals surface area (Å²) in [5.41, 5.74) is 4.33. The summed E-state index contributed by atoms with van der Waals surface area (Å²) >= 11 is 0. The first kappa shape index (κ1) is 19.7. The first-order valence-corrected chi connectivity index (χ1v) is 12.3. The molecule has 0 amide bonds. The van der Waals surface area contributed by atoms with Gasteiger partial charge in [-0.25, -0.2) is 0 Å². The molecule has 36 heavy (non-hydrogen) atoms. The van der Waals surface area contributed by atoms with Gasteiger partial charge in [-0.15, -0.1) is 0 Å². The lowest BCUT2D eigenvalue weighted by Crippen LogP contribution is -1.79. The van der Waals surface area contributed by atoms with Crippen LogP contribution in [-0.4, -0.2) is 0 Å². The van der Waals surface area contributed by atoms with E-state index in [0.717, 1.165) is 44.2 Å². The molecule has 0 radical (unpaired) electrons. The molecule has 0 atom stereocenters. The van der Waals surface area contributed by atoms with Gasteiger partial charge in [-0.2, -0.15) is 0 Å². The summed E-state index contributed by atoms with van der Waals surface area (Å²) in [6.07, 6.45) is 0. The quantitative estimate of drug-likeness (QED) is 0.227. The van der Waals surface area contributed by atoms with Crippen molar-refractivity contribution in [3.8, 4) is 11.5 Å². The normalized spacial score (nSPS) is 12.2. The van der Waals surface area contributed by atoms with Crippen LogP contribution in [0.25, 0.3) is 76.5 Å². The van der Waals surface area contributed by atoms with Crippen molar-refractivity contribution in [1.29, 1.82) is 0 Å². The van der Waals surface area contributed by atoms with E-state index in [1.54, 1.807) is 0 Å². The van der Waals surface area contributed by atoms with Crippen LogP contribution in [0.1, 0.15) is 11.1 Å². The number of hydrogen-bond donors (Lipinski definition) is 0. The molecule has 0 saturated carbocycles. The van der Waals surface area contributed by atoms with Crippen molar-refractivity contribution in [1.82, 2.24) is 0 Å². The van der Waals surface area contributed by atoms with Gasteiger partial charge in [0, 0.05) is 21.5 Å². The lowest BCUT2D eigenvalue weighted by atomic mass is 10.0.